The molecule has 3 rings (SSSR count). The molecular weight excluding hydrogens is 318 g/mol. The SMILES string of the molecule is CC(=O)CC(c1ccccc1)(c1ccccc1)C(C)CN1CCCCC1. The number of hydrogen-bond acceptors (Lipinski definition) is 2. The van der Waals surface area contributed by atoms with Crippen molar-refractivity contribution >= 4 is 5.78 Å². The lowest BCUT2D eigenvalue weighted by atomic mass is 9.63. The standard InChI is InChI=1S/C24H31NO/c1-20(19-25-16-10-5-11-17-25)24(18-21(2)26,22-12-6-3-7-13-22)23-14-8-4-9-15-23/h3-4,6-9,12-15,20H,5,10-11,16-19H2,1-2H3. The van der Waals surface area contributed by atoms with Crippen molar-refractivity contribution in [2.75, 3.05) is 19.6 Å². The number of hydrogen-bond donors (Lipinski definition) is 0. The summed E-state index contributed by atoms with van der Waals surface area (Å²) < 4.78 is 0. The van der Waals surface area contributed by atoms with Crippen LogP contribution in [0.5, 0.6) is 0 Å². The molecule has 2 aromatic carbocycles. The maximum atomic E-state index is 12.4. The number of likely N-dealkylation sites (tertiary alicyclic amines) is 1. The average molecular weight is 350 g/mol. The summed E-state index contributed by atoms with van der Waals surface area (Å²) in [6.07, 6.45) is 4.49. The predicted octanol–water partition coefficient (Wildman–Crippen LogP) is 5.07. The third-order valence-electron chi connectivity index (χ3n) is 5.93. The lowest BCUT2D eigenvalue weighted by Crippen LogP contribution is -2.44. The topological polar surface area (TPSA) is 20.3 Å². The minimum absolute atomic E-state index is 0.253. The molecule has 1 aliphatic heterocycles. The van der Waals surface area contributed by atoms with E-state index in [0.29, 0.717) is 12.3 Å². The van der Waals surface area contributed by atoms with Gasteiger partial charge >= 0.3 is 0 Å². The van der Waals surface area contributed by atoms with E-state index in [9.17, 15) is 4.79 Å². The van der Waals surface area contributed by atoms with Gasteiger partial charge in [-0.15, -0.1) is 0 Å². The molecule has 26 heavy (non-hydrogen) atoms. The summed E-state index contributed by atoms with van der Waals surface area (Å²) in [6.45, 7) is 7.47. The summed E-state index contributed by atoms with van der Waals surface area (Å²) in [5.41, 5.74) is 2.24. The highest BCUT2D eigenvalue weighted by Gasteiger charge is 2.41. The van der Waals surface area contributed by atoms with Crippen molar-refractivity contribution in [2.24, 2.45) is 5.92 Å². The molecular formula is C24H31NO. The third-order valence-corrected chi connectivity index (χ3v) is 5.93. The Kier molecular flexibility index (Phi) is 6.26. The van der Waals surface area contributed by atoms with Crippen molar-refractivity contribution in [2.45, 2.75) is 44.9 Å². The van der Waals surface area contributed by atoms with Gasteiger partial charge < -0.3 is 4.90 Å². The van der Waals surface area contributed by atoms with E-state index < -0.39 is 0 Å². The Balaban J connectivity index is 2.05. The van der Waals surface area contributed by atoms with E-state index in [1.54, 1.807) is 6.92 Å². The Morgan fingerprint density at radius 1 is 0.923 bits per heavy atom. The van der Waals surface area contributed by atoms with E-state index in [1.807, 2.05) is 0 Å². The van der Waals surface area contributed by atoms with E-state index in [2.05, 4.69) is 72.5 Å². The first kappa shape index (κ1) is 18.8. The van der Waals surface area contributed by atoms with Gasteiger partial charge in [0.1, 0.15) is 5.78 Å². The highest BCUT2D eigenvalue weighted by atomic mass is 16.1. The molecule has 2 heteroatoms. The summed E-state index contributed by atoms with van der Waals surface area (Å²) in [4.78, 5) is 15.0. The molecule has 0 aromatic heterocycles. The Morgan fingerprint density at radius 3 is 1.88 bits per heavy atom. The van der Waals surface area contributed by atoms with Crippen LogP contribution >= 0.6 is 0 Å². The second-order valence-corrected chi connectivity index (χ2v) is 7.84. The molecule has 138 valence electrons. The zero-order chi connectivity index (χ0) is 18.4. The highest BCUT2D eigenvalue weighted by molar-refractivity contribution is 5.78. The van der Waals surface area contributed by atoms with Crippen molar-refractivity contribution < 1.29 is 4.79 Å². The van der Waals surface area contributed by atoms with Gasteiger partial charge in [-0.05, 0) is 49.9 Å². The first-order valence-corrected chi connectivity index (χ1v) is 9.96. The van der Waals surface area contributed by atoms with E-state index >= 15 is 0 Å². The second kappa shape index (κ2) is 8.64. The van der Waals surface area contributed by atoms with E-state index in [-0.39, 0.29) is 11.2 Å². The predicted molar refractivity (Wildman–Crippen MR) is 108 cm³/mol. The van der Waals surface area contributed by atoms with Crippen LogP contribution in [0.25, 0.3) is 0 Å². The molecule has 0 aliphatic carbocycles. The number of benzene rings is 2. The molecule has 0 saturated carbocycles. The number of rotatable bonds is 7. The molecule has 0 amide bonds. The van der Waals surface area contributed by atoms with E-state index in [1.165, 1.54) is 43.5 Å². The molecule has 0 N–H and O–H groups in total. The van der Waals surface area contributed by atoms with Crippen LogP contribution in [0.4, 0.5) is 0 Å². The molecule has 0 bridgehead atoms. The molecule has 1 fully saturated rings. The van der Waals surface area contributed by atoms with Crippen LogP contribution in [-0.4, -0.2) is 30.3 Å². The maximum absolute atomic E-state index is 12.4. The number of Topliss-reactive ketones (excluding diaryl/α,β-unsaturated/α-hetero) is 1. The van der Waals surface area contributed by atoms with Crippen molar-refractivity contribution in [3.05, 3.63) is 71.8 Å². The number of carbonyl (C=O) groups is 1. The van der Waals surface area contributed by atoms with E-state index in [0.717, 1.165) is 6.54 Å². The normalized spacial score (nSPS) is 17.0. The number of carbonyl (C=O) groups excluding carboxylic acids is 1. The second-order valence-electron chi connectivity index (χ2n) is 7.84. The molecule has 1 unspecified atom stereocenters. The average Bonchev–Trinajstić information content (AvgIpc) is 2.68. The molecule has 1 heterocycles. The summed E-state index contributed by atoms with van der Waals surface area (Å²) in [7, 11) is 0. The van der Waals surface area contributed by atoms with Crippen LogP contribution in [0.2, 0.25) is 0 Å². The van der Waals surface area contributed by atoms with Gasteiger partial charge in [-0.25, -0.2) is 0 Å². The zero-order valence-corrected chi connectivity index (χ0v) is 16.2. The fraction of sp³-hybridized carbons (Fsp3) is 0.458. The van der Waals surface area contributed by atoms with Crippen molar-refractivity contribution in [1.82, 2.24) is 4.90 Å². The van der Waals surface area contributed by atoms with Crippen LogP contribution in [-0.2, 0) is 10.2 Å². The lowest BCUT2D eigenvalue weighted by molar-refractivity contribution is -0.118. The largest absolute Gasteiger partial charge is 0.303 e. The van der Waals surface area contributed by atoms with Crippen LogP contribution in [0.15, 0.2) is 60.7 Å². The van der Waals surface area contributed by atoms with Gasteiger partial charge in [0.2, 0.25) is 0 Å². The summed E-state index contributed by atoms with van der Waals surface area (Å²) in [5, 5.41) is 0. The van der Waals surface area contributed by atoms with E-state index in [4.69, 9.17) is 0 Å². The van der Waals surface area contributed by atoms with Gasteiger partial charge in [0.15, 0.2) is 0 Å². The maximum Gasteiger partial charge on any atom is 0.131 e. The first-order chi connectivity index (χ1) is 12.6. The molecule has 0 spiro atoms. The Hall–Kier alpha value is -1.93. The Morgan fingerprint density at radius 2 is 1.42 bits per heavy atom. The fourth-order valence-electron chi connectivity index (χ4n) is 4.66. The van der Waals surface area contributed by atoms with Gasteiger partial charge in [0.05, 0.1) is 0 Å². The third kappa shape index (κ3) is 4.07. The van der Waals surface area contributed by atoms with Crippen LogP contribution in [0.1, 0.15) is 50.7 Å². The van der Waals surface area contributed by atoms with Crippen molar-refractivity contribution in [3.63, 3.8) is 0 Å². The Labute approximate surface area is 158 Å². The molecule has 0 radical (unpaired) electrons. The minimum atomic E-state index is -0.272. The smallest absolute Gasteiger partial charge is 0.131 e. The minimum Gasteiger partial charge on any atom is -0.303 e. The van der Waals surface area contributed by atoms with Crippen molar-refractivity contribution in [1.29, 1.82) is 0 Å². The first-order valence-electron chi connectivity index (χ1n) is 9.96. The highest BCUT2D eigenvalue weighted by Crippen LogP contribution is 2.43. The van der Waals surface area contributed by atoms with Crippen molar-refractivity contribution in [3.8, 4) is 0 Å². The van der Waals surface area contributed by atoms with Gasteiger partial charge in [-0.1, -0.05) is 74.0 Å². The molecule has 1 aliphatic rings. The van der Waals surface area contributed by atoms with Gasteiger partial charge in [-0.3, -0.25) is 4.79 Å². The lowest BCUT2D eigenvalue weighted by Gasteiger charge is -2.43. The number of ketones is 1. The quantitative estimate of drug-likeness (QED) is 0.695. The van der Waals surface area contributed by atoms with Crippen LogP contribution in [0, 0.1) is 5.92 Å². The molecule has 2 aromatic rings. The van der Waals surface area contributed by atoms with Gasteiger partial charge in [0, 0.05) is 18.4 Å². The van der Waals surface area contributed by atoms with Gasteiger partial charge in [-0.2, -0.15) is 0 Å². The number of piperidine rings is 1. The summed E-state index contributed by atoms with van der Waals surface area (Å²) >= 11 is 0. The molecule has 1 saturated heterocycles. The summed E-state index contributed by atoms with van der Waals surface area (Å²) in [6, 6.07) is 21.3. The molecule has 2 nitrogen and oxygen atoms in total. The fourth-order valence-corrected chi connectivity index (χ4v) is 4.66. The monoisotopic (exact) mass is 349 g/mol. The van der Waals surface area contributed by atoms with Crippen LogP contribution < -0.4 is 0 Å². The van der Waals surface area contributed by atoms with Gasteiger partial charge in [0.25, 0.3) is 0 Å². The summed E-state index contributed by atoms with van der Waals surface area (Å²) in [5.74, 6) is 0.609. The zero-order valence-electron chi connectivity index (χ0n) is 16.2. The Bertz CT molecular complexity index is 649. The number of nitrogens with zero attached hydrogens (tertiary/aromatic N) is 1. The molecule has 1 atom stereocenters. The van der Waals surface area contributed by atoms with Crippen LogP contribution in [0.3, 0.4) is 0 Å².